The van der Waals surface area contributed by atoms with Crippen molar-refractivity contribution in [2.24, 2.45) is 0 Å². The Morgan fingerprint density at radius 1 is 1.00 bits per heavy atom. The maximum absolute atomic E-state index is 11.9. The number of nitrogens with one attached hydrogen (secondary N) is 2. The van der Waals surface area contributed by atoms with Crippen molar-refractivity contribution < 1.29 is 9.59 Å². The van der Waals surface area contributed by atoms with E-state index in [1.807, 2.05) is 50.2 Å². The lowest BCUT2D eigenvalue weighted by atomic mass is 10.1. The molecule has 0 spiro atoms. The molecule has 2 aromatic rings. The molecular formula is C18H22N4O2. The normalized spacial score (nSPS) is 10.1. The number of hydrogen-bond donors (Lipinski definition) is 2. The topological polar surface area (TPSA) is 74.3 Å². The molecule has 6 heteroatoms. The summed E-state index contributed by atoms with van der Waals surface area (Å²) in [6.07, 6.45) is 1.64. The van der Waals surface area contributed by atoms with Crippen molar-refractivity contribution in [1.29, 1.82) is 0 Å². The molecule has 0 radical (unpaired) electrons. The van der Waals surface area contributed by atoms with Gasteiger partial charge in [-0.1, -0.05) is 18.2 Å². The molecule has 1 aromatic carbocycles. The molecule has 0 saturated carbocycles. The molecular weight excluding hydrogens is 304 g/mol. The molecule has 0 atom stereocenters. The average Bonchev–Trinajstić information content (AvgIpc) is 2.59. The highest BCUT2D eigenvalue weighted by atomic mass is 16.2. The minimum atomic E-state index is -0.665. The van der Waals surface area contributed by atoms with Crippen LogP contribution < -0.4 is 15.5 Å². The first kappa shape index (κ1) is 17.5. The summed E-state index contributed by atoms with van der Waals surface area (Å²) in [4.78, 5) is 29.9. The highest BCUT2D eigenvalue weighted by Gasteiger charge is 2.14. The summed E-state index contributed by atoms with van der Waals surface area (Å²) in [6.45, 7) is 2.53. The van der Waals surface area contributed by atoms with Crippen LogP contribution >= 0.6 is 0 Å². The van der Waals surface area contributed by atoms with E-state index in [1.165, 1.54) is 0 Å². The van der Waals surface area contributed by atoms with Gasteiger partial charge in [0, 0.05) is 32.5 Å². The quantitative estimate of drug-likeness (QED) is 0.814. The van der Waals surface area contributed by atoms with Crippen molar-refractivity contribution in [3.63, 3.8) is 0 Å². The summed E-state index contributed by atoms with van der Waals surface area (Å²) in [5, 5.41) is 5.21. The number of carbonyl (C=O) groups is 2. The Kier molecular flexibility index (Phi) is 5.89. The van der Waals surface area contributed by atoms with E-state index < -0.39 is 11.8 Å². The number of anilines is 1. The van der Waals surface area contributed by atoms with Gasteiger partial charge in [-0.25, -0.2) is 0 Å². The molecule has 0 aliphatic heterocycles. The summed E-state index contributed by atoms with van der Waals surface area (Å²) < 4.78 is 0. The lowest BCUT2D eigenvalue weighted by Crippen LogP contribution is -2.39. The van der Waals surface area contributed by atoms with Crippen LogP contribution in [0.2, 0.25) is 0 Å². The fraction of sp³-hybridized carbons (Fsp3) is 0.278. The third kappa shape index (κ3) is 4.55. The van der Waals surface area contributed by atoms with Gasteiger partial charge in [-0.3, -0.25) is 14.6 Å². The number of amides is 2. The number of hydrogen-bond acceptors (Lipinski definition) is 4. The van der Waals surface area contributed by atoms with Crippen LogP contribution in [0.15, 0.2) is 42.6 Å². The zero-order valence-corrected chi connectivity index (χ0v) is 14.2. The van der Waals surface area contributed by atoms with Gasteiger partial charge in [-0.05, 0) is 36.2 Å². The van der Waals surface area contributed by atoms with Crippen molar-refractivity contribution in [1.82, 2.24) is 15.6 Å². The van der Waals surface area contributed by atoms with E-state index >= 15 is 0 Å². The zero-order chi connectivity index (χ0) is 17.5. The summed E-state index contributed by atoms with van der Waals surface area (Å²) in [5.74, 6) is -1.32. The predicted octanol–water partition coefficient (Wildman–Crippen LogP) is 1.39. The lowest BCUT2D eigenvalue weighted by molar-refractivity contribution is -0.139. The fourth-order valence-electron chi connectivity index (χ4n) is 2.36. The second kappa shape index (κ2) is 8.10. The van der Waals surface area contributed by atoms with E-state index in [1.54, 1.807) is 18.3 Å². The van der Waals surface area contributed by atoms with Gasteiger partial charge in [-0.2, -0.15) is 0 Å². The summed E-state index contributed by atoms with van der Waals surface area (Å²) in [5.41, 5.74) is 3.85. The molecule has 1 aromatic heterocycles. The molecule has 0 unspecified atom stereocenters. The summed E-state index contributed by atoms with van der Waals surface area (Å²) in [7, 11) is 3.94. The van der Waals surface area contributed by atoms with Crippen molar-refractivity contribution in [3.8, 4) is 0 Å². The first-order chi connectivity index (χ1) is 11.5. The van der Waals surface area contributed by atoms with Crippen LogP contribution in [0.3, 0.4) is 0 Å². The molecule has 0 aliphatic carbocycles. The molecule has 0 fully saturated rings. The monoisotopic (exact) mass is 326 g/mol. The Bertz CT molecular complexity index is 714. The van der Waals surface area contributed by atoms with Gasteiger partial charge in [-0.15, -0.1) is 0 Å². The molecule has 0 saturated heterocycles. The maximum atomic E-state index is 11.9. The second-order valence-corrected chi connectivity index (χ2v) is 5.64. The molecule has 0 aliphatic rings. The molecule has 2 N–H and O–H groups in total. The third-order valence-corrected chi connectivity index (χ3v) is 3.70. The smallest absolute Gasteiger partial charge is 0.309 e. The third-order valence-electron chi connectivity index (χ3n) is 3.70. The first-order valence-corrected chi connectivity index (χ1v) is 7.70. The number of carbonyl (C=O) groups excluding carboxylic acids is 2. The Morgan fingerprint density at radius 3 is 2.33 bits per heavy atom. The van der Waals surface area contributed by atoms with E-state index in [4.69, 9.17) is 0 Å². The molecule has 2 rings (SSSR count). The largest absolute Gasteiger partial charge is 0.377 e. The number of rotatable bonds is 5. The van der Waals surface area contributed by atoms with Gasteiger partial charge in [0.05, 0.1) is 12.2 Å². The molecule has 24 heavy (non-hydrogen) atoms. The number of pyridine rings is 1. The number of aromatic nitrogens is 1. The van der Waals surface area contributed by atoms with Crippen LogP contribution in [0.5, 0.6) is 0 Å². The molecule has 1 heterocycles. The average molecular weight is 326 g/mol. The van der Waals surface area contributed by atoms with Crippen LogP contribution in [0.4, 0.5) is 5.69 Å². The van der Waals surface area contributed by atoms with E-state index in [2.05, 4.69) is 15.6 Å². The van der Waals surface area contributed by atoms with Crippen LogP contribution in [0.25, 0.3) is 0 Å². The van der Waals surface area contributed by atoms with Crippen molar-refractivity contribution in [2.45, 2.75) is 20.0 Å². The minimum absolute atomic E-state index is 0.224. The van der Waals surface area contributed by atoms with Crippen molar-refractivity contribution in [2.75, 3.05) is 19.0 Å². The predicted molar refractivity (Wildman–Crippen MR) is 93.4 cm³/mol. The van der Waals surface area contributed by atoms with E-state index in [0.29, 0.717) is 12.2 Å². The first-order valence-electron chi connectivity index (χ1n) is 7.70. The van der Waals surface area contributed by atoms with Crippen molar-refractivity contribution in [3.05, 3.63) is 59.4 Å². The molecule has 6 nitrogen and oxygen atoms in total. The highest BCUT2D eigenvalue weighted by Crippen LogP contribution is 2.20. The van der Waals surface area contributed by atoms with E-state index in [9.17, 15) is 9.59 Å². The Hall–Kier alpha value is -2.89. The van der Waals surface area contributed by atoms with E-state index in [-0.39, 0.29) is 6.54 Å². The summed E-state index contributed by atoms with van der Waals surface area (Å²) >= 11 is 0. The maximum Gasteiger partial charge on any atom is 0.309 e. The van der Waals surface area contributed by atoms with Crippen LogP contribution in [-0.2, 0) is 22.7 Å². The van der Waals surface area contributed by atoms with E-state index in [0.717, 1.165) is 16.8 Å². The van der Waals surface area contributed by atoms with Crippen LogP contribution in [0.1, 0.15) is 16.8 Å². The standard InChI is InChI=1S/C18H22N4O2/c1-13-14(7-6-9-16(13)22(2)3)11-20-17(23)18(24)21-12-15-8-4-5-10-19-15/h4-10H,11-12H2,1-3H3,(H,20,23)(H,21,24). The Labute approximate surface area is 141 Å². The highest BCUT2D eigenvalue weighted by molar-refractivity contribution is 6.35. The molecule has 0 bridgehead atoms. The van der Waals surface area contributed by atoms with Crippen molar-refractivity contribution >= 4 is 17.5 Å². The minimum Gasteiger partial charge on any atom is -0.377 e. The second-order valence-electron chi connectivity index (χ2n) is 5.64. The number of benzene rings is 1. The Balaban J connectivity index is 1.89. The Morgan fingerprint density at radius 2 is 1.71 bits per heavy atom. The van der Waals surface area contributed by atoms with Crippen LogP contribution in [0, 0.1) is 6.92 Å². The fourth-order valence-corrected chi connectivity index (χ4v) is 2.36. The van der Waals surface area contributed by atoms with Gasteiger partial charge in [0.15, 0.2) is 0 Å². The lowest BCUT2D eigenvalue weighted by Gasteiger charge is -2.18. The SMILES string of the molecule is Cc1c(CNC(=O)C(=O)NCc2ccccn2)cccc1N(C)C. The molecule has 2 amide bonds. The molecule has 126 valence electrons. The van der Waals surface area contributed by atoms with Gasteiger partial charge in [0.2, 0.25) is 0 Å². The number of nitrogens with zero attached hydrogens (tertiary/aromatic N) is 2. The zero-order valence-electron chi connectivity index (χ0n) is 14.2. The van der Waals surface area contributed by atoms with Gasteiger partial charge < -0.3 is 15.5 Å². The van der Waals surface area contributed by atoms with Gasteiger partial charge in [0.1, 0.15) is 0 Å². The van der Waals surface area contributed by atoms with Gasteiger partial charge >= 0.3 is 11.8 Å². The van der Waals surface area contributed by atoms with Gasteiger partial charge in [0.25, 0.3) is 0 Å². The summed E-state index contributed by atoms with van der Waals surface area (Å²) in [6, 6.07) is 11.3. The van der Waals surface area contributed by atoms with Crippen LogP contribution in [-0.4, -0.2) is 30.9 Å².